The molecule has 1 aliphatic carbocycles. The molecule has 24 heavy (non-hydrogen) atoms. The summed E-state index contributed by atoms with van der Waals surface area (Å²) in [4.78, 5) is 18.4. The van der Waals surface area contributed by atoms with Gasteiger partial charge in [0, 0.05) is 37.6 Å². The Hall–Kier alpha value is -1.42. The lowest BCUT2D eigenvalue weighted by molar-refractivity contribution is -0.124. The maximum absolute atomic E-state index is 12.3. The lowest BCUT2D eigenvalue weighted by atomic mass is 9.98. The van der Waals surface area contributed by atoms with Gasteiger partial charge in [0.25, 0.3) is 0 Å². The molecule has 2 fully saturated rings. The minimum Gasteiger partial charge on any atom is -0.337 e. The number of nitrogens with zero attached hydrogens (tertiary/aromatic N) is 3. The molecule has 6 heteroatoms. The number of amides is 1. The smallest absolute Gasteiger partial charge is 0.235 e. The highest BCUT2D eigenvalue weighted by Crippen LogP contribution is 2.39. The fraction of sp³-hybridized carbons (Fsp3) is 0.667. The van der Waals surface area contributed by atoms with Gasteiger partial charge in [-0.25, -0.2) is 0 Å². The Labute approximate surface area is 148 Å². The number of carbonyl (C=O) groups is 1. The number of rotatable bonds is 7. The average Bonchev–Trinajstić information content (AvgIpc) is 3.32. The van der Waals surface area contributed by atoms with Gasteiger partial charge < -0.3 is 10.2 Å². The second-order valence-corrected chi connectivity index (χ2v) is 8.12. The van der Waals surface area contributed by atoms with Crippen LogP contribution in [-0.2, 0) is 11.2 Å². The van der Waals surface area contributed by atoms with Crippen LogP contribution in [0.4, 0.5) is 0 Å². The summed E-state index contributed by atoms with van der Waals surface area (Å²) in [7, 11) is 0. The Morgan fingerprint density at radius 3 is 2.67 bits per heavy atom. The fourth-order valence-corrected chi connectivity index (χ4v) is 4.01. The number of nitrogens with one attached hydrogen (secondary N) is 1. The number of thiophene rings is 1. The monoisotopic (exact) mass is 346 g/mol. The van der Waals surface area contributed by atoms with Crippen LogP contribution >= 0.6 is 11.3 Å². The van der Waals surface area contributed by atoms with E-state index in [4.69, 9.17) is 0 Å². The average molecular weight is 347 g/mol. The molecule has 0 bridgehead atoms. The molecule has 0 aromatic carbocycles. The van der Waals surface area contributed by atoms with Gasteiger partial charge in [-0.3, -0.25) is 9.69 Å². The molecule has 1 saturated heterocycles. The molecule has 2 aliphatic rings. The number of hydrogen-bond acceptors (Lipinski definition) is 5. The second kappa shape index (κ2) is 7.64. The van der Waals surface area contributed by atoms with Crippen LogP contribution in [0.5, 0.6) is 0 Å². The Morgan fingerprint density at radius 2 is 2.08 bits per heavy atom. The van der Waals surface area contributed by atoms with Gasteiger partial charge in [0.05, 0.1) is 12.6 Å². The molecule has 1 saturated carbocycles. The van der Waals surface area contributed by atoms with Crippen molar-refractivity contribution in [3.63, 3.8) is 0 Å². The van der Waals surface area contributed by atoms with E-state index in [0.29, 0.717) is 12.5 Å². The van der Waals surface area contributed by atoms with Crippen molar-refractivity contribution in [2.75, 3.05) is 39.3 Å². The number of nitriles is 1. The number of hydrogen-bond donors (Lipinski definition) is 1. The van der Waals surface area contributed by atoms with Gasteiger partial charge in [-0.2, -0.15) is 5.26 Å². The zero-order chi connectivity index (χ0) is 17.0. The van der Waals surface area contributed by atoms with E-state index in [9.17, 15) is 10.1 Å². The Kier molecular flexibility index (Phi) is 5.54. The van der Waals surface area contributed by atoms with Crippen LogP contribution in [0, 0.1) is 17.2 Å². The summed E-state index contributed by atoms with van der Waals surface area (Å²) in [5.41, 5.74) is -0.681. The Morgan fingerprint density at radius 1 is 1.38 bits per heavy atom. The van der Waals surface area contributed by atoms with Crippen LogP contribution in [0.3, 0.4) is 0 Å². The van der Waals surface area contributed by atoms with Crippen molar-refractivity contribution in [3.05, 3.63) is 22.4 Å². The summed E-state index contributed by atoms with van der Waals surface area (Å²) in [5.74, 6) is 0.318. The van der Waals surface area contributed by atoms with E-state index in [1.165, 1.54) is 4.88 Å². The van der Waals surface area contributed by atoms with Crippen LogP contribution in [0.15, 0.2) is 17.5 Å². The van der Waals surface area contributed by atoms with Crippen LogP contribution in [0.25, 0.3) is 0 Å². The Balaban J connectivity index is 1.37. The summed E-state index contributed by atoms with van der Waals surface area (Å²) >= 11 is 1.82. The molecule has 1 N–H and O–H groups in total. The first kappa shape index (κ1) is 17.4. The first-order valence-corrected chi connectivity index (χ1v) is 9.66. The topological polar surface area (TPSA) is 59.4 Å². The first-order chi connectivity index (χ1) is 11.6. The van der Waals surface area contributed by atoms with Gasteiger partial charge in [0.1, 0.15) is 5.54 Å². The molecular formula is C18H26N4OS. The zero-order valence-electron chi connectivity index (χ0n) is 14.3. The molecule has 1 aromatic heterocycles. The van der Waals surface area contributed by atoms with Crippen LogP contribution in [0.1, 0.15) is 24.6 Å². The van der Waals surface area contributed by atoms with E-state index < -0.39 is 5.54 Å². The summed E-state index contributed by atoms with van der Waals surface area (Å²) in [6, 6.07) is 6.58. The fourth-order valence-electron chi connectivity index (χ4n) is 3.31. The number of piperazine rings is 1. The molecule has 0 unspecified atom stereocenters. The van der Waals surface area contributed by atoms with E-state index in [-0.39, 0.29) is 5.91 Å². The third kappa shape index (κ3) is 4.56. The van der Waals surface area contributed by atoms with E-state index in [0.717, 1.165) is 52.0 Å². The summed E-state index contributed by atoms with van der Waals surface area (Å²) in [6.07, 6.45) is 3.21. The highest BCUT2D eigenvalue weighted by atomic mass is 32.1. The SMILES string of the molecule is C[C@@](C#N)(NC(=O)CN1CCN(CCc2cccs2)CC1)C1CC1. The second-order valence-electron chi connectivity index (χ2n) is 7.08. The highest BCUT2D eigenvalue weighted by molar-refractivity contribution is 7.09. The van der Waals surface area contributed by atoms with Crippen LogP contribution in [0.2, 0.25) is 0 Å². The quantitative estimate of drug-likeness (QED) is 0.817. The van der Waals surface area contributed by atoms with Crippen LogP contribution < -0.4 is 5.32 Å². The Bertz CT molecular complexity index is 585. The van der Waals surface area contributed by atoms with Gasteiger partial charge >= 0.3 is 0 Å². The van der Waals surface area contributed by atoms with E-state index in [2.05, 4.69) is 38.7 Å². The van der Waals surface area contributed by atoms with Gasteiger partial charge in [0.2, 0.25) is 5.91 Å². The van der Waals surface area contributed by atoms with Gasteiger partial charge in [-0.05, 0) is 43.6 Å². The maximum Gasteiger partial charge on any atom is 0.235 e. The lowest BCUT2D eigenvalue weighted by Crippen LogP contribution is -2.53. The summed E-state index contributed by atoms with van der Waals surface area (Å²) in [5, 5.41) is 14.4. The minimum absolute atomic E-state index is 0.0158. The van der Waals surface area contributed by atoms with E-state index in [1.54, 1.807) is 0 Å². The van der Waals surface area contributed by atoms with E-state index >= 15 is 0 Å². The summed E-state index contributed by atoms with van der Waals surface area (Å²) < 4.78 is 0. The molecule has 3 rings (SSSR count). The first-order valence-electron chi connectivity index (χ1n) is 8.78. The third-order valence-electron chi connectivity index (χ3n) is 5.11. The molecule has 5 nitrogen and oxygen atoms in total. The van der Waals surface area contributed by atoms with Crippen LogP contribution in [-0.4, -0.2) is 60.5 Å². The molecule has 0 spiro atoms. The maximum atomic E-state index is 12.3. The highest BCUT2D eigenvalue weighted by Gasteiger charge is 2.43. The van der Waals surface area contributed by atoms with Gasteiger partial charge in [-0.1, -0.05) is 6.07 Å². The normalized spacial score (nSPS) is 21.8. The molecule has 1 amide bonds. The predicted octanol–water partition coefficient (Wildman–Crippen LogP) is 1.72. The standard InChI is InChI=1S/C18H26N4OS/c1-18(14-19,15-4-5-15)20-17(23)13-22-10-8-21(9-11-22)7-6-16-3-2-12-24-16/h2-3,12,15H,4-11,13H2,1H3,(H,20,23)/t18-/m0/s1. The molecule has 1 aliphatic heterocycles. The van der Waals surface area contributed by atoms with Gasteiger partial charge in [-0.15, -0.1) is 11.3 Å². The third-order valence-corrected chi connectivity index (χ3v) is 6.05. The van der Waals surface area contributed by atoms with Crippen molar-refractivity contribution in [1.82, 2.24) is 15.1 Å². The summed E-state index contributed by atoms with van der Waals surface area (Å²) in [6.45, 7) is 7.21. The molecular weight excluding hydrogens is 320 g/mol. The number of carbonyl (C=O) groups excluding carboxylic acids is 1. The molecule has 130 valence electrons. The van der Waals surface area contributed by atoms with Crippen molar-refractivity contribution in [1.29, 1.82) is 5.26 Å². The van der Waals surface area contributed by atoms with Crippen molar-refractivity contribution in [2.45, 2.75) is 31.7 Å². The minimum atomic E-state index is -0.681. The van der Waals surface area contributed by atoms with E-state index in [1.807, 2.05) is 18.3 Å². The van der Waals surface area contributed by atoms with Crippen molar-refractivity contribution in [3.8, 4) is 6.07 Å². The molecule has 1 aromatic rings. The lowest BCUT2D eigenvalue weighted by Gasteiger charge is -2.34. The molecule has 1 atom stereocenters. The largest absolute Gasteiger partial charge is 0.337 e. The zero-order valence-corrected chi connectivity index (χ0v) is 15.1. The van der Waals surface area contributed by atoms with Crippen molar-refractivity contribution >= 4 is 17.2 Å². The predicted molar refractivity (Wildman–Crippen MR) is 95.8 cm³/mol. The molecule has 0 radical (unpaired) electrons. The molecule has 2 heterocycles. The van der Waals surface area contributed by atoms with Gasteiger partial charge in [0.15, 0.2) is 0 Å². The van der Waals surface area contributed by atoms with Crippen molar-refractivity contribution < 1.29 is 4.79 Å². The van der Waals surface area contributed by atoms with Crippen molar-refractivity contribution in [2.24, 2.45) is 5.92 Å².